The Morgan fingerprint density at radius 1 is 0.458 bits per heavy atom. The smallest absolute Gasteiger partial charge is 0.141 e. The molecule has 1 aliphatic rings. The maximum Gasteiger partial charge on any atom is 0.141 e. The highest BCUT2D eigenvalue weighted by molar-refractivity contribution is 6.10. The molecule has 3 heterocycles. The van der Waals surface area contributed by atoms with E-state index in [0.717, 1.165) is 38.9 Å². The molecule has 6 nitrogen and oxygen atoms in total. The lowest BCUT2D eigenvalue weighted by molar-refractivity contribution is 0.472. The molecule has 0 saturated heterocycles. The second-order valence-corrected chi connectivity index (χ2v) is 21.5. The van der Waals surface area contributed by atoms with Gasteiger partial charge in [-0.05, 0) is 111 Å². The number of para-hydroxylation sites is 3. The Kier molecular flexibility index (Phi) is 8.95. The predicted molar refractivity (Wildman–Crippen MR) is 301 cm³/mol. The summed E-state index contributed by atoms with van der Waals surface area (Å²) in [5.41, 5.74) is 7.78. The number of nitrogens with zero attached hydrogens (tertiary/aromatic N) is 4. The van der Waals surface area contributed by atoms with Gasteiger partial charge in [0.1, 0.15) is 35.5 Å². The Bertz CT molecular complexity index is 4070. The Balaban J connectivity index is 1.00. The van der Waals surface area contributed by atoms with Gasteiger partial charge in [-0.15, -0.1) is 0 Å². The predicted octanol–water partition coefficient (Wildman–Crippen LogP) is 18.2. The van der Waals surface area contributed by atoms with E-state index in [0.29, 0.717) is 28.8 Å². The Morgan fingerprint density at radius 3 is 1.68 bits per heavy atom. The van der Waals surface area contributed by atoms with Gasteiger partial charge in [-0.25, -0.2) is 4.98 Å². The first-order chi connectivity index (χ1) is 38.7. The molecule has 0 saturated carbocycles. The molecule has 72 heavy (non-hydrogen) atoms. The van der Waals surface area contributed by atoms with Crippen molar-refractivity contribution in [3.8, 4) is 51.1 Å². The summed E-state index contributed by atoms with van der Waals surface area (Å²) in [5, 5.41) is 2.08. The summed E-state index contributed by atoms with van der Waals surface area (Å²) in [5.74, 6) is 3.18. The van der Waals surface area contributed by atoms with E-state index in [1.807, 2.05) is 82.6 Å². The average Bonchev–Trinajstić information content (AvgIpc) is 4.10. The van der Waals surface area contributed by atoms with Gasteiger partial charge in [0.05, 0.1) is 41.8 Å². The van der Waals surface area contributed by atoms with Gasteiger partial charge in [0.2, 0.25) is 0 Å². The van der Waals surface area contributed by atoms with Crippen molar-refractivity contribution in [2.45, 2.75) is 78.6 Å². The molecular formula is C66H62N4O2. The van der Waals surface area contributed by atoms with Crippen LogP contribution >= 0.6 is 0 Å². The SMILES string of the molecule is [2H]c1c([2H])c([2H])c(-c2cccc(-c3c([2H])c([2H])c([2H])c([2H])c3[2H])c2N2CN(c3cccc(Oc4ccc5c6cc(C(C)(C)C)ccc6n(-c6cc(Oc7cc(C(C)(C)C)cc(C(C)(C)C)c7)ccn6)c5c4)c3)c3ccccc32)c([2H])c1[2H]. The lowest BCUT2D eigenvalue weighted by Gasteiger charge is -2.27. The van der Waals surface area contributed by atoms with E-state index >= 15 is 0 Å². The van der Waals surface area contributed by atoms with Crippen LogP contribution in [0.3, 0.4) is 0 Å². The van der Waals surface area contributed by atoms with Crippen LogP contribution in [0.15, 0.2) is 200 Å². The van der Waals surface area contributed by atoms with E-state index in [-0.39, 0.29) is 50.9 Å². The molecule has 11 rings (SSSR count). The van der Waals surface area contributed by atoms with Crippen molar-refractivity contribution in [1.82, 2.24) is 9.55 Å². The van der Waals surface area contributed by atoms with Crippen molar-refractivity contribution in [2.75, 3.05) is 16.5 Å². The van der Waals surface area contributed by atoms with Crippen molar-refractivity contribution in [1.29, 1.82) is 0 Å². The fourth-order valence-electron chi connectivity index (χ4n) is 9.51. The van der Waals surface area contributed by atoms with Gasteiger partial charge >= 0.3 is 0 Å². The first-order valence-electron chi connectivity index (χ1n) is 29.3. The highest BCUT2D eigenvalue weighted by Gasteiger charge is 2.32. The van der Waals surface area contributed by atoms with E-state index < -0.39 is 60.4 Å². The number of hydrogen-bond acceptors (Lipinski definition) is 5. The van der Waals surface area contributed by atoms with Crippen LogP contribution in [0.25, 0.3) is 49.9 Å². The molecule has 1 aliphatic heterocycles. The fraction of sp³-hybridized carbons (Fsp3) is 0.197. The molecule has 0 N–H and O–H groups in total. The standard InChI is InChI=1S/C66H62N4O2/c1-64(2,3)46-30-33-58-57(39-46)56-32-31-51(41-61(56)70(58)62-42-52(34-35-67-62)72-53-37-47(65(4,5)6)36-48(38-53)66(7,8)9)71-50-25-18-24-49(40-50)68-43-69(60-29-17-16-28-59(60)68)63-54(44-20-12-10-13-21-44)26-19-27-55(63)45-22-14-11-15-23-45/h10-42H,43H2,1-9H3/i10D,11D,12D,13D,14D,15D,20D,21D,22D,23D. The van der Waals surface area contributed by atoms with E-state index in [4.69, 9.17) is 28.2 Å². The number of benzene rings is 8. The van der Waals surface area contributed by atoms with E-state index in [1.165, 1.54) is 16.7 Å². The zero-order valence-corrected chi connectivity index (χ0v) is 42.1. The van der Waals surface area contributed by atoms with Crippen molar-refractivity contribution in [3.05, 3.63) is 217 Å². The summed E-state index contributed by atoms with van der Waals surface area (Å²) < 4.78 is 103. The summed E-state index contributed by atoms with van der Waals surface area (Å²) in [6, 6.07) is 38.1. The van der Waals surface area contributed by atoms with Gasteiger partial charge in [-0.3, -0.25) is 4.57 Å². The maximum absolute atomic E-state index is 9.10. The first-order valence-corrected chi connectivity index (χ1v) is 24.3. The minimum Gasteiger partial charge on any atom is -0.457 e. The van der Waals surface area contributed by atoms with Crippen LogP contribution in [-0.4, -0.2) is 16.2 Å². The molecule has 10 aromatic rings. The molecule has 2 aromatic heterocycles. The number of hydrogen-bond donors (Lipinski definition) is 0. The third-order valence-electron chi connectivity index (χ3n) is 13.4. The Morgan fingerprint density at radius 2 is 1.04 bits per heavy atom. The Hall–Kier alpha value is -8.09. The van der Waals surface area contributed by atoms with Crippen LogP contribution in [0, 0.1) is 0 Å². The highest BCUT2D eigenvalue weighted by Crippen LogP contribution is 2.50. The van der Waals surface area contributed by atoms with Crippen molar-refractivity contribution in [3.63, 3.8) is 0 Å². The summed E-state index contributed by atoms with van der Waals surface area (Å²) in [6.45, 7) is 20.0. The normalized spacial score (nSPS) is 14.9. The third kappa shape index (κ3) is 8.87. The highest BCUT2D eigenvalue weighted by atomic mass is 16.5. The van der Waals surface area contributed by atoms with E-state index in [9.17, 15) is 0 Å². The largest absolute Gasteiger partial charge is 0.457 e. The molecule has 0 unspecified atom stereocenters. The fourth-order valence-corrected chi connectivity index (χ4v) is 9.51. The second-order valence-electron chi connectivity index (χ2n) is 21.5. The number of fused-ring (bicyclic) bond motifs is 4. The van der Waals surface area contributed by atoms with Crippen molar-refractivity contribution in [2.24, 2.45) is 0 Å². The van der Waals surface area contributed by atoms with Crippen LogP contribution in [0.5, 0.6) is 23.0 Å². The first kappa shape index (κ1) is 35.9. The van der Waals surface area contributed by atoms with E-state index in [2.05, 4.69) is 109 Å². The van der Waals surface area contributed by atoms with Gasteiger partial charge in [-0.1, -0.05) is 171 Å². The van der Waals surface area contributed by atoms with Crippen LogP contribution in [0.2, 0.25) is 0 Å². The molecule has 0 bridgehead atoms. The summed E-state index contributed by atoms with van der Waals surface area (Å²) in [7, 11) is 0. The van der Waals surface area contributed by atoms with Gasteiger partial charge in [0, 0.05) is 52.0 Å². The van der Waals surface area contributed by atoms with Gasteiger partial charge in [0.15, 0.2) is 0 Å². The van der Waals surface area contributed by atoms with Crippen molar-refractivity contribution < 1.29 is 23.2 Å². The molecule has 0 spiro atoms. The molecule has 0 radical (unpaired) electrons. The lowest BCUT2D eigenvalue weighted by atomic mass is 9.80. The molecule has 8 aromatic carbocycles. The van der Waals surface area contributed by atoms with E-state index in [1.54, 1.807) is 24.4 Å². The molecule has 0 fully saturated rings. The zero-order chi connectivity index (χ0) is 58.6. The Labute approximate surface area is 438 Å². The van der Waals surface area contributed by atoms with Crippen LogP contribution in [0.4, 0.5) is 22.7 Å². The topological polar surface area (TPSA) is 42.8 Å². The zero-order valence-electron chi connectivity index (χ0n) is 52.1. The molecule has 358 valence electrons. The third-order valence-corrected chi connectivity index (χ3v) is 13.4. The molecule has 0 amide bonds. The summed E-state index contributed by atoms with van der Waals surface area (Å²) >= 11 is 0. The minimum absolute atomic E-state index is 0.0946. The average molecular weight is 953 g/mol. The summed E-state index contributed by atoms with van der Waals surface area (Å²) in [4.78, 5) is 8.90. The number of rotatable bonds is 9. The number of anilines is 4. The quantitative estimate of drug-likeness (QED) is 0.144. The van der Waals surface area contributed by atoms with Gasteiger partial charge in [0.25, 0.3) is 0 Å². The lowest BCUT2D eigenvalue weighted by Crippen LogP contribution is -2.24. The van der Waals surface area contributed by atoms with Gasteiger partial charge < -0.3 is 19.3 Å². The van der Waals surface area contributed by atoms with Gasteiger partial charge in [-0.2, -0.15) is 0 Å². The van der Waals surface area contributed by atoms with Crippen LogP contribution in [-0.2, 0) is 16.2 Å². The monoisotopic (exact) mass is 953 g/mol. The molecule has 0 atom stereocenters. The molecule has 0 aliphatic carbocycles. The number of pyridine rings is 1. The van der Waals surface area contributed by atoms with Crippen molar-refractivity contribution >= 4 is 44.6 Å². The number of aromatic nitrogens is 2. The number of ether oxygens (including phenoxy) is 2. The van der Waals surface area contributed by atoms with Crippen LogP contribution in [0.1, 0.15) is 92.7 Å². The second kappa shape index (κ2) is 17.9. The molecular weight excluding hydrogens is 881 g/mol. The maximum atomic E-state index is 9.10. The van der Waals surface area contributed by atoms with Crippen LogP contribution < -0.4 is 19.3 Å². The minimum atomic E-state index is -0.556. The summed E-state index contributed by atoms with van der Waals surface area (Å²) in [6.07, 6.45) is 1.78. The molecule has 6 heteroatoms.